The molecular formula is C52H65N3O6S2. The Hall–Kier alpha value is -3.76. The molecule has 2 fully saturated rings. The maximum absolute atomic E-state index is 12.3. The summed E-state index contributed by atoms with van der Waals surface area (Å²) >= 11 is 0. The molecule has 4 aliphatic carbocycles. The summed E-state index contributed by atoms with van der Waals surface area (Å²) in [4.78, 5) is 3.37. The average Bonchev–Trinajstić information content (AvgIpc) is 3.64. The van der Waals surface area contributed by atoms with Crippen LogP contribution in [-0.4, -0.2) is 79.6 Å². The predicted molar refractivity (Wildman–Crippen MR) is 253 cm³/mol. The molecule has 12 atom stereocenters. The Balaban J connectivity index is 1.05. The number of H-pyrrole nitrogens is 1. The van der Waals surface area contributed by atoms with Gasteiger partial charge in [-0.05, 0) is 128 Å². The average molecular weight is 892 g/mol. The number of aromatic hydroxyl groups is 1. The highest BCUT2D eigenvalue weighted by atomic mass is 33.1. The molecule has 3 heterocycles. The van der Waals surface area contributed by atoms with Crippen molar-refractivity contribution in [1.29, 1.82) is 0 Å². The number of fused-ring (bicyclic) bond motifs is 8. The fourth-order valence-electron chi connectivity index (χ4n) is 11.9. The van der Waals surface area contributed by atoms with Crippen molar-refractivity contribution in [1.82, 2.24) is 10.3 Å². The number of nitrogens with two attached hydrogens (primary N) is 1. The van der Waals surface area contributed by atoms with Gasteiger partial charge in [-0.15, -0.1) is 0 Å². The van der Waals surface area contributed by atoms with Crippen molar-refractivity contribution in [3.05, 3.63) is 118 Å². The Labute approximate surface area is 380 Å². The van der Waals surface area contributed by atoms with Crippen molar-refractivity contribution in [2.75, 3.05) is 24.7 Å². The topological polar surface area (TPSA) is 164 Å². The van der Waals surface area contributed by atoms with Gasteiger partial charge >= 0.3 is 0 Å². The molecule has 9 N–H and O–H groups in total. The molecule has 0 amide bonds. The Kier molecular flexibility index (Phi) is 13.7. The van der Waals surface area contributed by atoms with Gasteiger partial charge in [0.15, 0.2) is 11.5 Å². The zero-order valence-electron chi connectivity index (χ0n) is 36.4. The lowest BCUT2D eigenvalue weighted by atomic mass is 9.69. The highest BCUT2D eigenvalue weighted by Gasteiger charge is 2.46. The zero-order valence-corrected chi connectivity index (χ0v) is 38.1. The highest BCUT2D eigenvalue weighted by molar-refractivity contribution is 8.76. The predicted octanol–water partition coefficient (Wildman–Crippen LogP) is 7.56. The molecule has 9 rings (SSSR count). The first-order valence-electron chi connectivity index (χ1n) is 23.3. The number of aryl methyl sites for hydroxylation is 1. The van der Waals surface area contributed by atoms with E-state index in [0.717, 1.165) is 79.3 Å². The van der Waals surface area contributed by atoms with E-state index in [0.29, 0.717) is 49.1 Å². The third-order valence-corrected chi connectivity index (χ3v) is 18.0. The van der Waals surface area contributed by atoms with Crippen LogP contribution in [0.15, 0.2) is 95.5 Å². The first-order chi connectivity index (χ1) is 30.6. The van der Waals surface area contributed by atoms with E-state index in [2.05, 4.69) is 77.6 Å². The number of phenolic OH excluding ortho intramolecular Hbond substituents is 1. The van der Waals surface area contributed by atoms with E-state index in [4.69, 9.17) is 10.5 Å². The second-order valence-corrected chi connectivity index (χ2v) is 21.8. The van der Waals surface area contributed by atoms with E-state index in [1.807, 2.05) is 24.4 Å². The van der Waals surface area contributed by atoms with Crippen LogP contribution < -0.4 is 15.8 Å². The van der Waals surface area contributed by atoms with Gasteiger partial charge in [-0.25, -0.2) is 0 Å². The van der Waals surface area contributed by atoms with Gasteiger partial charge in [0.25, 0.3) is 0 Å². The van der Waals surface area contributed by atoms with Crippen LogP contribution in [-0.2, 0) is 19.3 Å². The van der Waals surface area contributed by atoms with Crippen LogP contribution in [0, 0.1) is 52.8 Å². The number of dihydropyridines is 1. The Morgan fingerprint density at radius 1 is 1.00 bits per heavy atom. The summed E-state index contributed by atoms with van der Waals surface area (Å²) in [7, 11) is 3.28. The van der Waals surface area contributed by atoms with Crippen molar-refractivity contribution in [2.24, 2.45) is 46.7 Å². The largest absolute Gasteiger partial charge is 0.504 e. The van der Waals surface area contributed by atoms with Crippen molar-refractivity contribution in [2.45, 2.75) is 108 Å². The molecule has 2 aromatic carbocycles. The van der Waals surface area contributed by atoms with Crippen molar-refractivity contribution >= 4 is 21.6 Å². The number of rotatable bonds is 8. The molecule has 9 nitrogen and oxygen atoms in total. The third kappa shape index (κ3) is 9.37. The maximum Gasteiger partial charge on any atom is 0.161 e. The van der Waals surface area contributed by atoms with Gasteiger partial charge in [0, 0.05) is 71.2 Å². The molecule has 2 bridgehead atoms. The van der Waals surface area contributed by atoms with Gasteiger partial charge in [0.2, 0.25) is 0 Å². The molecule has 0 radical (unpaired) electrons. The summed E-state index contributed by atoms with van der Waals surface area (Å²) in [6, 6.07) is 18.5. The van der Waals surface area contributed by atoms with E-state index in [9.17, 15) is 25.5 Å². The Morgan fingerprint density at radius 2 is 1.86 bits per heavy atom. The first kappa shape index (κ1) is 44.4. The monoisotopic (exact) mass is 891 g/mol. The Morgan fingerprint density at radius 3 is 2.67 bits per heavy atom. The summed E-state index contributed by atoms with van der Waals surface area (Å²) in [5.74, 6) is 8.88. The quantitative estimate of drug-likeness (QED) is 0.0644. The number of aromatic nitrogens is 1. The number of phenols is 1. The van der Waals surface area contributed by atoms with Crippen molar-refractivity contribution in [3.63, 3.8) is 0 Å². The molecule has 1 saturated heterocycles. The van der Waals surface area contributed by atoms with Gasteiger partial charge in [-0.3, -0.25) is 0 Å². The summed E-state index contributed by atoms with van der Waals surface area (Å²) in [5.41, 5.74) is 14.2. The molecule has 12 unspecified atom stereocenters. The first-order valence-corrected chi connectivity index (χ1v) is 25.8. The summed E-state index contributed by atoms with van der Waals surface area (Å²) in [6.45, 7) is 2.75. The van der Waals surface area contributed by atoms with E-state index < -0.39 is 36.3 Å². The fourth-order valence-corrected chi connectivity index (χ4v) is 14.5. The minimum absolute atomic E-state index is 0.00977. The number of nitrogens with one attached hydrogen (secondary N) is 2. The van der Waals surface area contributed by atoms with E-state index in [1.54, 1.807) is 21.6 Å². The molecule has 11 heteroatoms. The second-order valence-electron chi connectivity index (χ2n) is 19.3. The number of hydrogen-bond donors (Lipinski definition) is 8. The SMILES string of the molecule is CC(Cc1ccccc1)C12C#CC3C=C4CCc5cc(O)c(OC6CC(Cc7ccc[nH]7)C7=CCNC(N)=C7CSSCC(CO)C6O)cc5C4CC(O)C3C(O)C(CCC1)CC2. The fraction of sp³-hybridized carbons (Fsp3) is 0.538. The summed E-state index contributed by atoms with van der Waals surface area (Å²) < 4.78 is 6.87. The van der Waals surface area contributed by atoms with Gasteiger partial charge in [0.1, 0.15) is 11.9 Å². The summed E-state index contributed by atoms with van der Waals surface area (Å²) in [6.07, 6.45) is 12.0. The number of aliphatic hydroxyl groups is 4. The number of aromatic amines is 1. The molecule has 3 aromatic rings. The van der Waals surface area contributed by atoms with Crippen LogP contribution in [0.4, 0.5) is 0 Å². The van der Waals surface area contributed by atoms with Crippen molar-refractivity contribution < 1.29 is 30.3 Å². The molecule has 2 aliphatic heterocycles. The maximum atomic E-state index is 12.3. The lowest BCUT2D eigenvalue weighted by Gasteiger charge is -2.35. The molecule has 336 valence electrons. The molecule has 0 spiro atoms. The molecule has 1 aromatic heterocycles. The van der Waals surface area contributed by atoms with Crippen LogP contribution >= 0.6 is 21.6 Å². The lowest BCUT2D eigenvalue weighted by molar-refractivity contribution is -0.0346. The Bertz CT molecular complexity index is 2230. The number of benzene rings is 2. The summed E-state index contributed by atoms with van der Waals surface area (Å²) in [5, 5.41) is 62.4. The molecule has 6 aliphatic rings. The minimum atomic E-state index is -1.02. The number of ether oxygens (including phenoxy) is 1. The van der Waals surface area contributed by atoms with Crippen LogP contribution in [0.3, 0.4) is 0 Å². The molecule has 1 saturated carbocycles. The van der Waals surface area contributed by atoms with Crippen LogP contribution in [0.25, 0.3) is 0 Å². The highest BCUT2D eigenvalue weighted by Crippen LogP contribution is 2.51. The number of aliphatic hydroxyl groups excluding tert-OH is 4. The molecular weight excluding hydrogens is 827 g/mol. The minimum Gasteiger partial charge on any atom is -0.504 e. The van der Waals surface area contributed by atoms with E-state index >= 15 is 0 Å². The number of allylic oxidation sites excluding steroid dienone is 3. The van der Waals surface area contributed by atoms with Gasteiger partial charge in [0.05, 0.1) is 18.3 Å². The van der Waals surface area contributed by atoms with Gasteiger partial charge < -0.3 is 46.3 Å². The van der Waals surface area contributed by atoms with Gasteiger partial charge in [-0.2, -0.15) is 0 Å². The standard InChI is InChI=1S/C52H65N3O6S2/c1-31(21-32-7-3-2-4-8-32)52-16-5-9-33(13-17-52)50(60)48-36(14-18-52)22-34-11-12-35-24-44(57)46(27-42(35)41(34)26-45(48)58)61-47-25-37(23-39-10-6-19-54-39)40-15-20-55-51(53)43(40)30-63-62-29-38(28-56)49(47)59/h2-4,6-8,10,15,19,22,24,27,31,33,36-38,41,45,47-50,54-60H,5,9,11-13,16-17,20-21,23,25-26,28-30,53H2,1H3. The van der Waals surface area contributed by atoms with Crippen LogP contribution in [0.5, 0.6) is 11.5 Å². The van der Waals surface area contributed by atoms with E-state index in [1.165, 1.54) is 11.1 Å². The lowest BCUT2D eigenvalue weighted by Crippen LogP contribution is -2.42. The van der Waals surface area contributed by atoms with Crippen LogP contribution in [0.2, 0.25) is 0 Å². The smallest absolute Gasteiger partial charge is 0.161 e. The normalized spacial score (nSPS) is 33.8. The van der Waals surface area contributed by atoms with Crippen molar-refractivity contribution in [3.8, 4) is 23.3 Å². The molecule has 63 heavy (non-hydrogen) atoms. The number of hydrogen-bond acceptors (Lipinski definition) is 10. The van der Waals surface area contributed by atoms with E-state index in [-0.39, 0.29) is 47.2 Å². The third-order valence-electron chi connectivity index (χ3n) is 15.6. The zero-order chi connectivity index (χ0) is 43.7. The van der Waals surface area contributed by atoms with Gasteiger partial charge in [-0.1, -0.05) is 94.8 Å². The van der Waals surface area contributed by atoms with Crippen LogP contribution in [0.1, 0.15) is 86.6 Å². The second kappa shape index (κ2) is 19.4.